The van der Waals surface area contributed by atoms with Gasteiger partial charge in [0.15, 0.2) is 11.4 Å². The Morgan fingerprint density at radius 3 is 2.77 bits per heavy atom. The average Bonchev–Trinajstić information content (AvgIpc) is 3.37. The van der Waals surface area contributed by atoms with Crippen LogP contribution in [0.1, 0.15) is 12.8 Å². The van der Waals surface area contributed by atoms with E-state index in [0.29, 0.717) is 56.5 Å². The highest BCUT2D eigenvalue weighted by atomic mass is 32.2. The molecule has 1 aliphatic rings. The van der Waals surface area contributed by atoms with Gasteiger partial charge in [-0.3, -0.25) is 5.10 Å². The van der Waals surface area contributed by atoms with Crippen LogP contribution in [0.15, 0.2) is 24.7 Å². The predicted molar refractivity (Wildman–Crippen MR) is 111 cm³/mol. The minimum Gasteiger partial charge on any atom is -0.487 e. The van der Waals surface area contributed by atoms with Gasteiger partial charge in [0.1, 0.15) is 6.61 Å². The Hall–Kier alpha value is -2.70. The molecule has 30 heavy (non-hydrogen) atoms. The molecular weight excluding hydrogens is 410 g/mol. The zero-order valence-corrected chi connectivity index (χ0v) is 17.7. The molecule has 2 N–H and O–H groups in total. The Morgan fingerprint density at radius 1 is 1.30 bits per heavy atom. The third kappa shape index (κ3) is 4.40. The molecular formula is C18H25N7O4S. The first-order valence-corrected chi connectivity index (χ1v) is 11.5. The lowest BCUT2D eigenvalue weighted by molar-refractivity contribution is 0.147. The molecule has 3 aromatic rings. The third-order valence-electron chi connectivity index (χ3n) is 5.06. The van der Waals surface area contributed by atoms with Crippen molar-refractivity contribution < 1.29 is 17.9 Å². The highest BCUT2D eigenvalue weighted by Gasteiger charge is 2.26. The van der Waals surface area contributed by atoms with Gasteiger partial charge in [0.05, 0.1) is 19.1 Å². The van der Waals surface area contributed by atoms with Gasteiger partial charge in [-0.15, -0.1) is 5.10 Å². The Kier molecular flexibility index (Phi) is 5.88. The van der Waals surface area contributed by atoms with Crippen LogP contribution in [0.3, 0.4) is 0 Å². The van der Waals surface area contributed by atoms with Gasteiger partial charge in [0, 0.05) is 49.8 Å². The summed E-state index contributed by atoms with van der Waals surface area (Å²) in [5.74, 6) is 1.08. The van der Waals surface area contributed by atoms with E-state index in [-0.39, 0.29) is 6.04 Å². The van der Waals surface area contributed by atoms with Crippen LogP contribution in [0.4, 0.5) is 5.95 Å². The summed E-state index contributed by atoms with van der Waals surface area (Å²) < 4.78 is 37.6. The quantitative estimate of drug-likeness (QED) is 0.502. The second-order valence-corrected chi connectivity index (χ2v) is 9.15. The number of ether oxygens (including phenoxy) is 2. The molecule has 1 saturated heterocycles. The second kappa shape index (κ2) is 8.58. The van der Waals surface area contributed by atoms with Gasteiger partial charge in [-0.25, -0.2) is 17.2 Å². The van der Waals surface area contributed by atoms with Crippen LogP contribution >= 0.6 is 0 Å². The van der Waals surface area contributed by atoms with Crippen molar-refractivity contribution in [1.29, 1.82) is 0 Å². The van der Waals surface area contributed by atoms with E-state index in [9.17, 15) is 8.42 Å². The number of hydrogen-bond donors (Lipinski definition) is 2. The summed E-state index contributed by atoms with van der Waals surface area (Å²) in [7, 11) is -1.53. The Balaban J connectivity index is 1.57. The summed E-state index contributed by atoms with van der Waals surface area (Å²) in [4.78, 5) is 4.64. The second-order valence-electron chi connectivity index (χ2n) is 7.17. The average molecular weight is 436 g/mol. The summed E-state index contributed by atoms with van der Waals surface area (Å²) in [6, 6.07) is 2.01. The van der Waals surface area contributed by atoms with E-state index in [0.717, 1.165) is 11.1 Å². The summed E-state index contributed by atoms with van der Waals surface area (Å²) in [5, 5.41) is 14.7. The number of anilines is 1. The predicted octanol–water partition coefficient (Wildman–Crippen LogP) is 0.980. The first-order valence-electron chi connectivity index (χ1n) is 9.67. The van der Waals surface area contributed by atoms with E-state index >= 15 is 0 Å². The zero-order valence-electron chi connectivity index (χ0n) is 16.9. The van der Waals surface area contributed by atoms with Crippen molar-refractivity contribution in [3.05, 3.63) is 24.7 Å². The van der Waals surface area contributed by atoms with Crippen molar-refractivity contribution in [1.82, 2.24) is 29.1 Å². The van der Waals surface area contributed by atoms with Crippen molar-refractivity contribution in [3.63, 3.8) is 0 Å². The summed E-state index contributed by atoms with van der Waals surface area (Å²) in [6.07, 6.45) is 7.97. The van der Waals surface area contributed by atoms with Gasteiger partial charge in [0.2, 0.25) is 16.0 Å². The number of aromatic amines is 1. The molecule has 0 radical (unpaired) electrons. The third-order valence-corrected chi connectivity index (χ3v) is 6.36. The van der Waals surface area contributed by atoms with Crippen molar-refractivity contribution in [2.75, 3.05) is 45.0 Å². The molecule has 0 spiro atoms. The molecule has 0 atom stereocenters. The van der Waals surface area contributed by atoms with E-state index in [2.05, 4.69) is 25.6 Å². The minimum absolute atomic E-state index is 0.103. The number of rotatable bonds is 8. The van der Waals surface area contributed by atoms with Crippen LogP contribution in [-0.4, -0.2) is 83.2 Å². The number of aromatic nitrogens is 5. The van der Waals surface area contributed by atoms with Crippen molar-refractivity contribution in [3.8, 4) is 16.9 Å². The zero-order chi connectivity index (χ0) is 21.1. The molecule has 0 aromatic carbocycles. The molecule has 0 unspecified atom stereocenters. The first-order chi connectivity index (χ1) is 14.5. The molecule has 4 heterocycles. The fourth-order valence-electron chi connectivity index (χ4n) is 3.49. The topological polar surface area (TPSA) is 127 Å². The van der Waals surface area contributed by atoms with E-state index in [4.69, 9.17) is 9.47 Å². The lowest BCUT2D eigenvalue weighted by Crippen LogP contribution is -2.41. The smallest absolute Gasteiger partial charge is 0.243 e. The van der Waals surface area contributed by atoms with Crippen LogP contribution in [0.5, 0.6) is 5.75 Å². The van der Waals surface area contributed by atoms with E-state index in [1.54, 1.807) is 24.0 Å². The highest BCUT2D eigenvalue weighted by molar-refractivity contribution is 7.88. The normalized spacial score (nSPS) is 16.2. The van der Waals surface area contributed by atoms with Crippen LogP contribution < -0.4 is 10.1 Å². The summed E-state index contributed by atoms with van der Waals surface area (Å²) in [5.41, 5.74) is 2.32. The monoisotopic (exact) mass is 435 g/mol. The number of piperidine rings is 1. The van der Waals surface area contributed by atoms with Crippen molar-refractivity contribution in [2.24, 2.45) is 0 Å². The SMILES string of the molecule is COCCOc1c(-c2cn[nH]c2)ccn2nc(NC3CCN(S(C)(=O)=O)CC3)nc12. The molecule has 11 nitrogen and oxygen atoms in total. The van der Waals surface area contributed by atoms with Crippen LogP contribution in [0.2, 0.25) is 0 Å². The van der Waals surface area contributed by atoms with Crippen molar-refractivity contribution >= 4 is 21.6 Å². The number of methoxy groups -OCH3 is 1. The van der Waals surface area contributed by atoms with Gasteiger partial charge >= 0.3 is 0 Å². The molecule has 1 aliphatic heterocycles. The number of nitrogens with zero attached hydrogens (tertiary/aromatic N) is 5. The number of pyridine rings is 1. The standard InChI is InChI=1S/C18H25N7O4S/c1-28-9-10-29-16-15(13-11-19-20-12-13)5-8-25-17(16)22-18(23-25)21-14-3-6-24(7-4-14)30(2,26)27/h5,8,11-12,14H,3-4,6-7,9-10H2,1-2H3,(H,19,20)(H,21,23). The van der Waals surface area contributed by atoms with Crippen LogP contribution in [0.25, 0.3) is 16.8 Å². The molecule has 0 amide bonds. The number of fused-ring (bicyclic) bond motifs is 1. The molecule has 4 rings (SSSR count). The van der Waals surface area contributed by atoms with Gasteiger partial charge in [-0.05, 0) is 18.9 Å². The van der Waals surface area contributed by atoms with Gasteiger partial charge in [-0.1, -0.05) is 0 Å². The van der Waals surface area contributed by atoms with Gasteiger partial charge in [-0.2, -0.15) is 10.1 Å². The van der Waals surface area contributed by atoms with Crippen LogP contribution in [0, 0.1) is 0 Å². The molecule has 0 saturated carbocycles. The molecule has 3 aromatic heterocycles. The molecule has 12 heteroatoms. The lowest BCUT2D eigenvalue weighted by Gasteiger charge is -2.30. The van der Waals surface area contributed by atoms with E-state index in [1.807, 2.05) is 12.3 Å². The van der Waals surface area contributed by atoms with Gasteiger partial charge in [0.25, 0.3) is 0 Å². The Morgan fingerprint density at radius 2 is 2.10 bits per heavy atom. The Labute approximate surface area is 174 Å². The molecule has 0 aliphatic carbocycles. The maximum Gasteiger partial charge on any atom is 0.243 e. The molecule has 162 valence electrons. The van der Waals surface area contributed by atoms with Crippen LogP contribution in [-0.2, 0) is 14.8 Å². The summed E-state index contributed by atoms with van der Waals surface area (Å²) >= 11 is 0. The largest absolute Gasteiger partial charge is 0.487 e. The minimum atomic E-state index is -3.15. The number of hydrogen-bond acceptors (Lipinski definition) is 8. The maximum atomic E-state index is 11.7. The first kappa shape index (κ1) is 20.6. The fourth-order valence-corrected chi connectivity index (χ4v) is 4.37. The highest BCUT2D eigenvalue weighted by Crippen LogP contribution is 2.33. The molecule has 0 bridgehead atoms. The van der Waals surface area contributed by atoms with E-state index < -0.39 is 10.0 Å². The Bertz CT molecular complexity index is 1090. The fraction of sp³-hybridized carbons (Fsp3) is 0.500. The van der Waals surface area contributed by atoms with Crippen molar-refractivity contribution in [2.45, 2.75) is 18.9 Å². The number of H-pyrrole nitrogens is 1. The lowest BCUT2D eigenvalue weighted by atomic mass is 10.1. The van der Waals surface area contributed by atoms with E-state index in [1.165, 1.54) is 10.6 Å². The maximum absolute atomic E-state index is 11.7. The number of sulfonamides is 1. The summed E-state index contributed by atoms with van der Waals surface area (Å²) in [6.45, 7) is 1.80. The number of nitrogens with one attached hydrogen (secondary N) is 2. The van der Waals surface area contributed by atoms with Gasteiger partial charge < -0.3 is 14.8 Å². The molecule has 1 fully saturated rings.